The molecule has 1 heterocycles. The van der Waals surface area contributed by atoms with Gasteiger partial charge in [-0.1, -0.05) is 36.4 Å². The SMILES string of the molecule is CS(=O)(=O)NCCN(CCn1ccc2ccccc21)C1CCc2cc(/C=C/C(=O)NO)ccc21. The van der Waals surface area contributed by atoms with Crippen molar-refractivity contribution < 1.29 is 18.4 Å². The molecule has 1 unspecified atom stereocenters. The summed E-state index contributed by atoms with van der Waals surface area (Å²) in [6, 6.07) is 16.7. The number of carbonyl (C=O) groups excluding carboxylic acids is 1. The third kappa shape index (κ3) is 5.92. The minimum absolute atomic E-state index is 0.192. The molecule has 4 rings (SSSR count). The fourth-order valence-electron chi connectivity index (χ4n) is 4.68. The van der Waals surface area contributed by atoms with Crippen molar-refractivity contribution in [1.29, 1.82) is 0 Å². The molecule has 3 aromatic rings. The number of rotatable bonds is 10. The summed E-state index contributed by atoms with van der Waals surface area (Å²) < 4.78 is 28.1. The fourth-order valence-corrected chi connectivity index (χ4v) is 5.14. The number of sulfonamides is 1. The number of amides is 1. The van der Waals surface area contributed by atoms with Gasteiger partial charge in [-0.25, -0.2) is 18.6 Å². The third-order valence-electron chi connectivity index (χ3n) is 6.26. The lowest BCUT2D eigenvalue weighted by molar-refractivity contribution is -0.124. The van der Waals surface area contributed by atoms with E-state index in [4.69, 9.17) is 5.21 Å². The highest BCUT2D eigenvalue weighted by molar-refractivity contribution is 7.88. The summed E-state index contributed by atoms with van der Waals surface area (Å²) >= 11 is 0. The van der Waals surface area contributed by atoms with Crippen LogP contribution in [0, 0.1) is 0 Å². The van der Waals surface area contributed by atoms with Crippen LogP contribution in [0.15, 0.2) is 60.8 Å². The standard InChI is InChI=1S/C25H30N4O4S/c1-34(32,33)26-13-15-29(17-16-28-14-12-20-4-2-3-5-23(20)28)24-10-8-21-18-19(6-9-22(21)24)7-11-25(30)27-31/h2-7,9,11-12,14,18,24,26,31H,8,10,13,15-17H2,1H3,(H,27,30)/b11-7+. The van der Waals surface area contributed by atoms with Gasteiger partial charge in [-0.3, -0.25) is 14.9 Å². The van der Waals surface area contributed by atoms with E-state index in [0.717, 1.165) is 31.5 Å². The number of carbonyl (C=O) groups is 1. The van der Waals surface area contributed by atoms with Gasteiger partial charge in [-0.05, 0) is 53.1 Å². The lowest BCUT2D eigenvalue weighted by Gasteiger charge is -2.30. The van der Waals surface area contributed by atoms with E-state index in [1.807, 2.05) is 18.2 Å². The lowest BCUT2D eigenvalue weighted by atomic mass is 10.0. The zero-order valence-corrected chi connectivity index (χ0v) is 20.0. The van der Waals surface area contributed by atoms with Gasteiger partial charge >= 0.3 is 0 Å². The fraction of sp³-hybridized carbons (Fsp3) is 0.320. The van der Waals surface area contributed by atoms with Crippen molar-refractivity contribution in [3.8, 4) is 0 Å². The quantitative estimate of drug-likeness (QED) is 0.234. The maximum absolute atomic E-state index is 11.6. The number of fused-ring (bicyclic) bond motifs is 2. The van der Waals surface area contributed by atoms with Crippen LogP contribution in [0.4, 0.5) is 0 Å². The number of hydroxylamine groups is 1. The molecule has 180 valence electrons. The van der Waals surface area contributed by atoms with Crippen molar-refractivity contribution in [3.63, 3.8) is 0 Å². The second-order valence-electron chi connectivity index (χ2n) is 8.59. The Labute approximate surface area is 199 Å². The van der Waals surface area contributed by atoms with Gasteiger partial charge in [0.15, 0.2) is 0 Å². The second-order valence-corrected chi connectivity index (χ2v) is 10.4. The Morgan fingerprint density at radius 3 is 2.82 bits per heavy atom. The van der Waals surface area contributed by atoms with Crippen molar-refractivity contribution in [3.05, 3.63) is 77.5 Å². The molecule has 1 aliphatic carbocycles. The maximum atomic E-state index is 11.6. The van der Waals surface area contributed by atoms with Crippen LogP contribution in [0.2, 0.25) is 0 Å². The molecule has 0 saturated heterocycles. The number of para-hydroxylation sites is 1. The highest BCUT2D eigenvalue weighted by Gasteiger charge is 2.28. The normalized spacial score (nSPS) is 15.9. The molecule has 1 aromatic heterocycles. The first-order chi connectivity index (χ1) is 16.3. The molecule has 0 bridgehead atoms. The third-order valence-corrected chi connectivity index (χ3v) is 6.99. The van der Waals surface area contributed by atoms with E-state index in [2.05, 4.69) is 50.7 Å². The number of aromatic nitrogens is 1. The van der Waals surface area contributed by atoms with E-state index in [-0.39, 0.29) is 6.04 Å². The summed E-state index contributed by atoms with van der Waals surface area (Å²) in [6.07, 6.45) is 8.10. The molecule has 0 aliphatic heterocycles. The first kappa shape index (κ1) is 24.2. The summed E-state index contributed by atoms with van der Waals surface area (Å²) in [4.78, 5) is 13.6. The van der Waals surface area contributed by atoms with Crippen molar-refractivity contribution in [2.45, 2.75) is 25.4 Å². The molecular formula is C25H30N4O4S. The largest absolute Gasteiger partial charge is 0.346 e. The monoisotopic (exact) mass is 482 g/mol. The lowest BCUT2D eigenvalue weighted by Crippen LogP contribution is -2.38. The molecule has 1 amide bonds. The number of hydrogen-bond acceptors (Lipinski definition) is 5. The van der Waals surface area contributed by atoms with E-state index in [0.29, 0.717) is 13.1 Å². The zero-order chi connectivity index (χ0) is 24.1. The van der Waals surface area contributed by atoms with Gasteiger partial charge in [0.1, 0.15) is 0 Å². The van der Waals surface area contributed by atoms with Crippen LogP contribution in [0.25, 0.3) is 17.0 Å². The van der Waals surface area contributed by atoms with Crippen molar-refractivity contribution in [2.24, 2.45) is 0 Å². The van der Waals surface area contributed by atoms with Crippen LogP contribution in [0.1, 0.15) is 29.2 Å². The van der Waals surface area contributed by atoms with Crippen molar-refractivity contribution in [2.75, 3.05) is 25.9 Å². The van der Waals surface area contributed by atoms with Gasteiger partial charge in [0.05, 0.1) is 6.26 Å². The van der Waals surface area contributed by atoms with Gasteiger partial charge < -0.3 is 4.57 Å². The number of nitrogens with one attached hydrogen (secondary N) is 2. The average molecular weight is 483 g/mol. The molecule has 0 fully saturated rings. The molecule has 3 N–H and O–H groups in total. The van der Waals surface area contributed by atoms with Gasteiger partial charge in [0.2, 0.25) is 10.0 Å². The zero-order valence-electron chi connectivity index (χ0n) is 19.1. The Morgan fingerprint density at radius 2 is 2.03 bits per heavy atom. The number of aryl methyl sites for hydroxylation is 1. The second kappa shape index (κ2) is 10.5. The minimum Gasteiger partial charge on any atom is -0.346 e. The molecule has 0 radical (unpaired) electrons. The van der Waals surface area contributed by atoms with Crippen molar-refractivity contribution >= 4 is 32.9 Å². The van der Waals surface area contributed by atoms with Crippen LogP contribution in [-0.4, -0.2) is 54.9 Å². The van der Waals surface area contributed by atoms with Gasteiger partial charge in [-0.2, -0.15) is 0 Å². The van der Waals surface area contributed by atoms with E-state index in [1.165, 1.54) is 34.4 Å². The number of hydrogen-bond donors (Lipinski definition) is 3. The number of benzene rings is 2. The van der Waals surface area contributed by atoms with Crippen molar-refractivity contribution in [1.82, 2.24) is 19.7 Å². The first-order valence-corrected chi connectivity index (χ1v) is 13.2. The molecule has 9 heteroatoms. The van der Waals surface area contributed by atoms with E-state index in [1.54, 1.807) is 11.6 Å². The predicted molar refractivity (Wildman–Crippen MR) is 133 cm³/mol. The molecule has 1 atom stereocenters. The Kier molecular flexibility index (Phi) is 7.47. The smallest absolute Gasteiger partial charge is 0.267 e. The van der Waals surface area contributed by atoms with E-state index in [9.17, 15) is 13.2 Å². The predicted octanol–water partition coefficient (Wildman–Crippen LogP) is 2.70. The molecular weight excluding hydrogens is 452 g/mol. The van der Waals surface area contributed by atoms with Crippen LogP contribution in [-0.2, 0) is 27.8 Å². The summed E-state index contributed by atoms with van der Waals surface area (Å²) in [5.41, 5.74) is 6.14. The highest BCUT2D eigenvalue weighted by atomic mass is 32.2. The summed E-state index contributed by atoms with van der Waals surface area (Å²) in [6.45, 7) is 2.55. The molecule has 2 aromatic carbocycles. The van der Waals surface area contributed by atoms with Gasteiger partial charge in [0.25, 0.3) is 5.91 Å². The summed E-state index contributed by atoms with van der Waals surface area (Å²) in [7, 11) is -3.25. The summed E-state index contributed by atoms with van der Waals surface area (Å²) in [5, 5.41) is 9.86. The van der Waals surface area contributed by atoms with E-state index >= 15 is 0 Å². The molecule has 0 saturated carbocycles. The van der Waals surface area contributed by atoms with Crippen LogP contribution < -0.4 is 10.2 Å². The Balaban J connectivity index is 1.52. The average Bonchev–Trinajstić information content (AvgIpc) is 3.43. The highest BCUT2D eigenvalue weighted by Crippen LogP contribution is 2.36. The van der Waals surface area contributed by atoms with E-state index < -0.39 is 15.9 Å². The first-order valence-electron chi connectivity index (χ1n) is 11.3. The Bertz CT molecular complexity index is 1300. The molecule has 34 heavy (non-hydrogen) atoms. The van der Waals surface area contributed by atoms with Crippen LogP contribution >= 0.6 is 0 Å². The molecule has 0 spiro atoms. The molecule has 8 nitrogen and oxygen atoms in total. The van der Waals surface area contributed by atoms with Gasteiger partial charge in [-0.15, -0.1) is 0 Å². The maximum Gasteiger partial charge on any atom is 0.267 e. The topological polar surface area (TPSA) is 104 Å². The Morgan fingerprint density at radius 1 is 1.21 bits per heavy atom. The number of nitrogens with zero attached hydrogens (tertiary/aromatic N) is 2. The summed E-state index contributed by atoms with van der Waals surface area (Å²) in [5.74, 6) is -0.569. The molecule has 1 aliphatic rings. The minimum atomic E-state index is -3.25. The van der Waals surface area contributed by atoms with Crippen LogP contribution in [0.3, 0.4) is 0 Å². The Hall–Kier alpha value is -2.98. The van der Waals surface area contributed by atoms with Gasteiger partial charge in [0, 0.05) is 50.0 Å². The van der Waals surface area contributed by atoms with Crippen LogP contribution in [0.5, 0.6) is 0 Å².